The van der Waals surface area contributed by atoms with Crippen LogP contribution in [0.2, 0.25) is 0 Å². The Morgan fingerprint density at radius 2 is 2.04 bits per heavy atom. The topological polar surface area (TPSA) is 53.7 Å². The first kappa shape index (κ1) is 18.6. The number of halogens is 3. The van der Waals surface area contributed by atoms with Crippen LogP contribution >= 0.6 is 0 Å². The van der Waals surface area contributed by atoms with Gasteiger partial charge in [0.25, 0.3) is 6.08 Å². The number of fused-ring (bicyclic) bond motifs is 1. The summed E-state index contributed by atoms with van der Waals surface area (Å²) in [6.45, 7) is 2.14. The second kappa shape index (κ2) is 7.37. The van der Waals surface area contributed by atoms with Gasteiger partial charge in [-0.2, -0.15) is 13.9 Å². The number of aryl methyl sites for hydroxylation is 1. The number of rotatable bonds is 4. The number of aliphatic hydroxyl groups excluding tert-OH is 1. The van der Waals surface area contributed by atoms with E-state index in [0.29, 0.717) is 17.9 Å². The third-order valence-electron chi connectivity index (χ3n) is 5.01. The zero-order valence-corrected chi connectivity index (χ0v) is 15.2. The van der Waals surface area contributed by atoms with Crippen molar-refractivity contribution in [3.63, 3.8) is 0 Å². The second-order valence-corrected chi connectivity index (χ2v) is 7.00. The van der Waals surface area contributed by atoms with Crippen molar-refractivity contribution >= 4 is 5.65 Å². The molecule has 4 rings (SSSR count). The molecule has 2 aromatic heterocycles. The van der Waals surface area contributed by atoms with Crippen LogP contribution < -0.4 is 0 Å². The van der Waals surface area contributed by atoms with Crippen LogP contribution in [-0.2, 0) is 6.54 Å². The first-order valence-electron chi connectivity index (χ1n) is 8.97. The predicted molar refractivity (Wildman–Crippen MR) is 97.9 cm³/mol. The first-order valence-corrected chi connectivity index (χ1v) is 8.97. The summed E-state index contributed by atoms with van der Waals surface area (Å²) in [5.41, 5.74) is 2.91. The van der Waals surface area contributed by atoms with Crippen LogP contribution in [-0.4, -0.2) is 37.4 Å². The standard InChI is InChI=1S/C20H19F3N4O/c1-12-16(21)11-27-20(24-12)15(19(25-27)14-5-3-2-4-6-14)10-26-9-13(7-17(22)23)8-18(26)28/h2-7,11,13,18,28H,8-10H2,1H3. The van der Waals surface area contributed by atoms with Gasteiger partial charge in [-0.05, 0) is 25.3 Å². The molecule has 0 amide bonds. The monoisotopic (exact) mass is 388 g/mol. The molecule has 3 heterocycles. The molecular formula is C20H19F3N4O. The molecule has 2 atom stereocenters. The molecule has 2 unspecified atom stereocenters. The van der Waals surface area contributed by atoms with Gasteiger partial charge in [0.1, 0.15) is 6.23 Å². The molecule has 1 saturated heterocycles. The summed E-state index contributed by atoms with van der Waals surface area (Å²) >= 11 is 0. The predicted octanol–water partition coefficient (Wildman–Crippen LogP) is 3.76. The molecule has 0 aliphatic carbocycles. The Hall–Kier alpha value is -2.71. The van der Waals surface area contributed by atoms with Crippen molar-refractivity contribution in [3.8, 4) is 11.3 Å². The van der Waals surface area contributed by atoms with E-state index in [1.807, 2.05) is 30.3 Å². The van der Waals surface area contributed by atoms with Crippen LogP contribution in [0.1, 0.15) is 17.7 Å². The van der Waals surface area contributed by atoms with E-state index in [-0.39, 0.29) is 18.7 Å². The quantitative estimate of drug-likeness (QED) is 0.739. The van der Waals surface area contributed by atoms with E-state index in [0.717, 1.165) is 17.2 Å². The maximum absolute atomic E-state index is 14.0. The molecule has 8 heteroatoms. The number of aliphatic hydroxyl groups is 1. The van der Waals surface area contributed by atoms with Gasteiger partial charge >= 0.3 is 0 Å². The third-order valence-corrected chi connectivity index (χ3v) is 5.01. The molecular weight excluding hydrogens is 369 g/mol. The zero-order chi connectivity index (χ0) is 19.8. The molecule has 5 nitrogen and oxygen atoms in total. The highest BCUT2D eigenvalue weighted by atomic mass is 19.3. The maximum atomic E-state index is 14.0. The summed E-state index contributed by atoms with van der Waals surface area (Å²) in [5.74, 6) is -0.889. The lowest BCUT2D eigenvalue weighted by molar-refractivity contribution is 0.0331. The SMILES string of the molecule is Cc1nc2c(CN3CC(C=C(F)F)CC3O)c(-c3ccccc3)nn2cc1F. The van der Waals surface area contributed by atoms with E-state index in [1.54, 1.807) is 11.8 Å². The van der Waals surface area contributed by atoms with Crippen LogP contribution in [0.15, 0.2) is 48.7 Å². The average Bonchev–Trinajstić information content (AvgIpc) is 3.16. The summed E-state index contributed by atoms with van der Waals surface area (Å²) < 4.78 is 40.6. The molecule has 1 aliphatic heterocycles. The molecule has 1 fully saturated rings. The average molecular weight is 388 g/mol. The lowest BCUT2D eigenvalue weighted by Crippen LogP contribution is -2.28. The Bertz CT molecular complexity index is 1030. The van der Waals surface area contributed by atoms with E-state index >= 15 is 0 Å². The van der Waals surface area contributed by atoms with Crippen molar-refractivity contribution in [1.82, 2.24) is 19.5 Å². The number of aromatic nitrogens is 3. The highest BCUT2D eigenvalue weighted by Gasteiger charge is 2.32. The minimum atomic E-state index is -1.74. The minimum absolute atomic E-state index is 0.234. The molecule has 0 bridgehead atoms. The van der Waals surface area contributed by atoms with E-state index in [2.05, 4.69) is 10.1 Å². The van der Waals surface area contributed by atoms with Gasteiger partial charge in [-0.3, -0.25) is 4.90 Å². The van der Waals surface area contributed by atoms with Crippen molar-refractivity contribution in [2.75, 3.05) is 6.54 Å². The Balaban J connectivity index is 1.77. The van der Waals surface area contributed by atoms with Gasteiger partial charge in [-0.15, -0.1) is 0 Å². The van der Waals surface area contributed by atoms with Crippen molar-refractivity contribution in [1.29, 1.82) is 0 Å². The molecule has 28 heavy (non-hydrogen) atoms. The minimum Gasteiger partial charge on any atom is -0.378 e. The highest BCUT2D eigenvalue weighted by Crippen LogP contribution is 2.31. The van der Waals surface area contributed by atoms with E-state index in [4.69, 9.17) is 0 Å². The largest absolute Gasteiger partial charge is 0.378 e. The molecule has 0 saturated carbocycles. The molecule has 0 spiro atoms. The van der Waals surface area contributed by atoms with Crippen LogP contribution in [0, 0.1) is 18.7 Å². The maximum Gasteiger partial charge on any atom is 0.266 e. The van der Waals surface area contributed by atoms with E-state index in [1.165, 1.54) is 10.7 Å². The molecule has 1 N–H and O–H groups in total. The van der Waals surface area contributed by atoms with Crippen LogP contribution in [0.3, 0.4) is 0 Å². The zero-order valence-electron chi connectivity index (χ0n) is 15.2. The molecule has 0 radical (unpaired) electrons. The van der Waals surface area contributed by atoms with Gasteiger partial charge in [0, 0.05) is 24.2 Å². The summed E-state index contributed by atoms with van der Waals surface area (Å²) in [6, 6.07) is 9.40. The smallest absolute Gasteiger partial charge is 0.266 e. The number of hydrogen-bond donors (Lipinski definition) is 1. The summed E-state index contributed by atoms with van der Waals surface area (Å²) in [6.07, 6.45) is -0.195. The van der Waals surface area contributed by atoms with Crippen LogP contribution in [0.4, 0.5) is 13.2 Å². The molecule has 1 aliphatic rings. The number of hydrogen-bond acceptors (Lipinski definition) is 4. The Morgan fingerprint density at radius 1 is 1.29 bits per heavy atom. The van der Waals surface area contributed by atoms with Gasteiger partial charge in [-0.1, -0.05) is 30.3 Å². The third kappa shape index (κ3) is 3.53. The Kier molecular flexibility index (Phi) is 4.91. The van der Waals surface area contributed by atoms with Crippen molar-refractivity contribution in [3.05, 3.63) is 65.8 Å². The van der Waals surface area contributed by atoms with Crippen LogP contribution in [0.5, 0.6) is 0 Å². The number of nitrogens with zero attached hydrogens (tertiary/aromatic N) is 4. The van der Waals surface area contributed by atoms with Gasteiger partial charge in [0.2, 0.25) is 0 Å². The first-order chi connectivity index (χ1) is 13.4. The fourth-order valence-corrected chi connectivity index (χ4v) is 3.64. The lowest BCUT2D eigenvalue weighted by Gasteiger charge is -2.19. The summed E-state index contributed by atoms with van der Waals surface area (Å²) in [5, 5.41) is 14.8. The molecule has 1 aromatic carbocycles. The van der Waals surface area contributed by atoms with Crippen molar-refractivity contribution in [2.45, 2.75) is 26.1 Å². The molecule has 3 aromatic rings. The molecule has 146 valence electrons. The Labute approximate surface area is 159 Å². The number of benzene rings is 1. The fourth-order valence-electron chi connectivity index (χ4n) is 3.64. The lowest BCUT2D eigenvalue weighted by atomic mass is 10.1. The highest BCUT2D eigenvalue weighted by molar-refractivity contribution is 5.70. The number of likely N-dealkylation sites (tertiary alicyclic amines) is 1. The van der Waals surface area contributed by atoms with Gasteiger partial charge < -0.3 is 5.11 Å². The summed E-state index contributed by atoms with van der Waals surface area (Å²) in [7, 11) is 0. The van der Waals surface area contributed by atoms with Crippen LogP contribution in [0.25, 0.3) is 16.9 Å². The van der Waals surface area contributed by atoms with Crippen molar-refractivity contribution < 1.29 is 18.3 Å². The van der Waals surface area contributed by atoms with E-state index in [9.17, 15) is 18.3 Å². The van der Waals surface area contributed by atoms with Crippen molar-refractivity contribution in [2.24, 2.45) is 5.92 Å². The Morgan fingerprint density at radius 3 is 2.75 bits per heavy atom. The van der Waals surface area contributed by atoms with E-state index < -0.39 is 24.0 Å². The van der Waals surface area contributed by atoms with Gasteiger partial charge in [0.05, 0.1) is 17.6 Å². The normalized spacial score (nSPS) is 20.0. The second-order valence-electron chi connectivity index (χ2n) is 7.00. The fraction of sp³-hybridized carbons (Fsp3) is 0.300. The van der Waals surface area contributed by atoms with Gasteiger partial charge in [-0.25, -0.2) is 13.9 Å². The summed E-state index contributed by atoms with van der Waals surface area (Å²) in [4.78, 5) is 6.06. The van der Waals surface area contributed by atoms with Gasteiger partial charge in [0.15, 0.2) is 11.5 Å².